The van der Waals surface area contributed by atoms with Crippen LogP contribution in [0.15, 0.2) is 33.5 Å². The molecule has 2 unspecified atom stereocenters. The smallest absolute Gasteiger partial charge is 0.252 e. The molecule has 0 aliphatic carbocycles. The van der Waals surface area contributed by atoms with E-state index in [1.165, 1.54) is 18.9 Å². The number of amides is 1. The Morgan fingerprint density at radius 3 is 2.65 bits per heavy atom. The minimum Gasteiger partial charge on any atom is -0.349 e. The van der Waals surface area contributed by atoms with E-state index in [4.69, 9.17) is 0 Å². The second-order valence-corrected chi connectivity index (χ2v) is 7.43. The number of aromatic nitrogens is 1. The van der Waals surface area contributed by atoms with Crippen molar-refractivity contribution in [3.05, 3.63) is 44.7 Å². The van der Waals surface area contributed by atoms with Gasteiger partial charge in [-0.1, -0.05) is 15.9 Å². The van der Waals surface area contributed by atoms with Crippen LogP contribution in [0.2, 0.25) is 0 Å². The Labute approximate surface area is 142 Å². The van der Waals surface area contributed by atoms with Crippen molar-refractivity contribution in [1.82, 2.24) is 15.6 Å². The van der Waals surface area contributed by atoms with Crippen LogP contribution in [0.3, 0.4) is 0 Å². The van der Waals surface area contributed by atoms with Crippen molar-refractivity contribution in [2.75, 3.05) is 0 Å². The average Bonchev–Trinajstić information content (AvgIpc) is 2.85. The summed E-state index contributed by atoms with van der Waals surface area (Å²) in [6, 6.07) is 8.13. The largest absolute Gasteiger partial charge is 0.349 e. The monoisotopic (exact) mass is 375 g/mol. The molecule has 2 fully saturated rings. The Hall–Kier alpha value is -1.66. The van der Waals surface area contributed by atoms with Gasteiger partial charge in [-0.2, -0.15) is 0 Å². The normalized spacial score (nSPS) is 26.4. The maximum atomic E-state index is 12.7. The van der Waals surface area contributed by atoms with Gasteiger partial charge in [0.2, 0.25) is 5.56 Å². The van der Waals surface area contributed by atoms with Gasteiger partial charge in [-0.25, -0.2) is 0 Å². The van der Waals surface area contributed by atoms with Gasteiger partial charge in [0.1, 0.15) is 0 Å². The number of H-pyrrole nitrogens is 1. The number of hydrogen-bond acceptors (Lipinski definition) is 3. The number of aromatic amines is 1. The third kappa shape index (κ3) is 2.93. The van der Waals surface area contributed by atoms with Gasteiger partial charge < -0.3 is 15.6 Å². The van der Waals surface area contributed by atoms with Gasteiger partial charge in [0.05, 0.1) is 5.56 Å². The van der Waals surface area contributed by atoms with Gasteiger partial charge in [0, 0.05) is 39.6 Å². The van der Waals surface area contributed by atoms with Crippen LogP contribution in [-0.4, -0.2) is 29.0 Å². The van der Waals surface area contributed by atoms with Crippen LogP contribution >= 0.6 is 15.9 Å². The first-order valence-corrected chi connectivity index (χ1v) is 8.77. The molecule has 2 aromatic rings. The third-order valence-electron chi connectivity index (χ3n) is 4.86. The summed E-state index contributed by atoms with van der Waals surface area (Å²) < 4.78 is 0.881. The molecule has 5 nitrogen and oxygen atoms in total. The fourth-order valence-corrected chi connectivity index (χ4v) is 4.21. The van der Waals surface area contributed by atoms with Crippen LogP contribution in [0.1, 0.15) is 36.0 Å². The lowest BCUT2D eigenvalue weighted by Gasteiger charge is -2.29. The van der Waals surface area contributed by atoms with E-state index < -0.39 is 0 Å². The highest BCUT2D eigenvalue weighted by Gasteiger charge is 2.34. The molecule has 23 heavy (non-hydrogen) atoms. The van der Waals surface area contributed by atoms with Crippen LogP contribution < -0.4 is 16.2 Å². The number of nitrogens with one attached hydrogen (secondary N) is 3. The van der Waals surface area contributed by atoms with Crippen molar-refractivity contribution in [1.29, 1.82) is 0 Å². The number of halogens is 1. The quantitative estimate of drug-likeness (QED) is 0.753. The summed E-state index contributed by atoms with van der Waals surface area (Å²) in [5, 5.41) is 7.45. The van der Waals surface area contributed by atoms with Gasteiger partial charge in [-0.05, 0) is 43.9 Å². The molecule has 0 saturated carbocycles. The Kier molecular flexibility index (Phi) is 3.73. The number of carbonyl (C=O) groups is 1. The van der Waals surface area contributed by atoms with Gasteiger partial charge in [0.25, 0.3) is 5.91 Å². The SMILES string of the molecule is O=C(NC1CC2CCC(C1)N2)c1cc(=O)[nH]c2ccc(Br)cc12. The number of pyridine rings is 1. The van der Waals surface area contributed by atoms with E-state index in [2.05, 4.69) is 31.5 Å². The van der Waals surface area contributed by atoms with Gasteiger partial charge >= 0.3 is 0 Å². The second-order valence-electron chi connectivity index (χ2n) is 6.52. The minimum atomic E-state index is -0.254. The highest BCUT2D eigenvalue weighted by atomic mass is 79.9. The van der Waals surface area contributed by atoms with Crippen LogP contribution in [0.4, 0.5) is 0 Å². The van der Waals surface area contributed by atoms with Crippen LogP contribution in [0.5, 0.6) is 0 Å². The zero-order valence-electron chi connectivity index (χ0n) is 12.6. The van der Waals surface area contributed by atoms with Crippen molar-refractivity contribution in [3.8, 4) is 0 Å². The summed E-state index contributed by atoms with van der Waals surface area (Å²) in [5.74, 6) is -0.162. The Morgan fingerprint density at radius 1 is 1.17 bits per heavy atom. The Morgan fingerprint density at radius 2 is 1.91 bits per heavy atom. The molecule has 1 aromatic heterocycles. The van der Waals surface area contributed by atoms with Gasteiger partial charge in [-0.3, -0.25) is 9.59 Å². The zero-order valence-corrected chi connectivity index (χ0v) is 14.2. The minimum absolute atomic E-state index is 0.162. The first kappa shape index (κ1) is 14.9. The van der Waals surface area contributed by atoms with E-state index in [1.54, 1.807) is 0 Å². The number of fused-ring (bicyclic) bond motifs is 3. The van der Waals surface area contributed by atoms with Crippen molar-refractivity contribution < 1.29 is 4.79 Å². The first-order valence-electron chi connectivity index (χ1n) is 7.98. The number of piperidine rings is 1. The highest BCUT2D eigenvalue weighted by molar-refractivity contribution is 9.10. The van der Waals surface area contributed by atoms with E-state index in [9.17, 15) is 9.59 Å². The van der Waals surface area contributed by atoms with E-state index in [0.29, 0.717) is 23.2 Å². The molecular formula is C17H18BrN3O2. The van der Waals surface area contributed by atoms with E-state index in [0.717, 1.165) is 22.7 Å². The molecule has 0 spiro atoms. The molecule has 1 aromatic carbocycles. The topological polar surface area (TPSA) is 74.0 Å². The summed E-state index contributed by atoms with van der Waals surface area (Å²) >= 11 is 3.42. The molecule has 2 aliphatic rings. The molecule has 6 heteroatoms. The summed E-state index contributed by atoms with van der Waals surface area (Å²) in [4.78, 5) is 27.3. The van der Waals surface area contributed by atoms with Gasteiger partial charge in [0.15, 0.2) is 0 Å². The fraction of sp³-hybridized carbons (Fsp3) is 0.412. The maximum absolute atomic E-state index is 12.7. The summed E-state index contributed by atoms with van der Waals surface area (Å²) in [7, 11) is 0. The molecule has 3 heterocycles. The average molecular weight is 376 g/mol. The molecule has 1 amide bonds. The molecule has 4 rings (SSSR count). The lowest BCUT2D eigenvalue weighted by molar-refractivity contribution is 0.0925. The highest BCUT2D eigenvalue weighted by Crippen LogP contribution is 2.27. The van der Waals surface area contributed by atoms with Gasteiger partial charge in [-0.15, -0.1) is 0 Å². The summed E-state index contributed by atoms with van der Waals surface area (Å²) in [6.07, 6.45) is 4.32. The molecule has 3 N–H and O–H groups in total. The summed E-state index contributed by atoms with van der Waals surface area (Å²) in [6.45, 7) is 0. The maximum Gasteiger partial charge on any atom is 0.252 e. The van der Waals surface area contributed by atoms with E-state index in [1.807, 2.05) is 18.2 Å². The molecule has 2 atom stereocenters. The zero-order chi connectivity index (χ0) is 16.0. The lowest BCUT2D eigenvalue weighted by atomic mass is 9.99. The van der Waals surface area contributed by atoms with Crippen molar-refractivity contribution >= 4 is 32.7 Å². The molecular weight excluding hydrogens is 358 g/mol. The molecule has 120 valence electrons. The predicted molar refractivity (Wildman–Crippen MR) is 92.7 cm³/mol. The number of rotatable bonds is 2. The van der Waals surface area contributed by atoms with Crippen LogP contribution in [0, 0.1) is 0 Å². The standard InChI is InChI=1S/C17H18BrN3O2/c18-9-1-4-15-13(5-9)14(8-16(22)21-15)17(23)20-12-6-10-2-3-11(7-12)19-10/h1,4-5,8,10-12,19H,2-3,6-7H2,(H,20,23)(H,21,22). The van der Waals surface area contributed by atoms with Crippen LogP contribution in [-0.2, 0) is 0 Å². The number of carbonyl (C=O) groups excluding carboxylic acids is 1. The molecule has 2 aliphatic heterocycles. The number of benzene rings is 1. The summed E-state index contributed by atoms with van der Waals surface area (Å²) in [5.41, 5.74) is 0.863. The Balaban J connectivity index is 1.64. The van der Waals surface area contributed by atoms with Crippen molar-refractivity contribution in [3.63, 3.8) is 0 Å². The van der Waals surface area contributed by atoms with Crippen LogP contribution in [0.25, 0.3) is 10.9 Å². The molecule has 2 bridgehead atoms. The van der Waals surface area contributed by atoms with Crippen molar-refractivity contribution in [2.45, 2.75) is 43.8 Å². The number of hydrogen-bond donors (Lipinski definition) is 3. The van der Waals surface area contributed by atoms with Crippen molar-refractivity contribution in [2.24, 2.45) is 0 Å². The third-order valence-corrected chi connectivity index (χ3v) is 5.35. The fourth-order valence-electron chi connectivity index (χ4n) is 3.85. The predicted octanol–water partition coefficient (Wildman–Crippen LogP) is 2.30. The molecule has 2 saturated heterocycles. The second kappa shape index (κ2) is 5.76. The Bertz CT molecular complexity index is 820. The first-order chi connectivity index (χ1) is 11.1. The van der Waals surface area contributed by atoms with E-state index in [-0.39, 0.29) is 17.5 Å². The molecule has 0 radical (unpaired) electrons. The van der Waals surface area contributed by atoms with E-state index >= 15 is 0 Å². The lowest BCUT2D eigenvalue weighted by Crippen LogP contribution is -2.48.